The molecule has 0 aliphatic heterocycles. The molecule has 21 heavy (non-hydrogen) atoms. The van der Waals surface area contributed by atoms with Gasteiger partial charge in [0.05, 0.1) is 20.6 Å². The minimum absolute atomic E-state index is 0.112. The fourth-order valence-corrected chi connectivity index (χ4v) is 3.77. The average Bonchev–Trinajstić information content (AvgIpc) is 3.27. The maximum Gasteiger partial charge on any atom is 0.306 e. The van der Waals surface area contributed by atoms with E-state index in [2.05, 4.69) is 6.07 Å². The largest absolute Gasteiger partial charge is 0.497 e. The van der Waals surface area contributed by atoms with E-state index in [9.17, 15) is 4.79 Å². The van der Waals surface area contributed by atoms with Crippen molar-refractivity contribution in [3.8, 4) is 5.75 Å². The van der Waals surface area contributed by atoms with Gasteiger partial charge in [-0.15, -0.1) is 0 Å². The number of rotatable bonds is 8. The van der Waals surface area contributed by atoms with Crippen LogP contribution in [0.3, 0.4) is 0 Å². The van der Waals surface area contributed by atoms with Crippen molar-refractivity contribution < 1.29 is 14.3 Å². The summed E-state index contributed by atoms with van der Waals surface area (Å²) < 4.78 is 10.0. The van der Waals surface area contributed by atoms with E-state index < -0.39 is 0 Å². The summed E-state index contributed by atoms with van der Waals surface area (Å²) in [7, 11) is 3.11. The highest BCUT2D eigenvalue weighted by Gasteiger charge is 2.44. The number of methoxy groups -OCH3 is 2. The van der Waals surface area contributed by atoms with Gasteiger partial charge in [-0.05, 0) is 36.0 Å². The predicted molar refractivity (Wildman–Crippen MR) is 85.5 cm³/mol. The second kappa shape index (κ2) is 7.18. The van der Waals surface area contributed by atoms with E-state index in [0.717, 1.165) is 24.3 Å². The van der Waals surface area contributed by atoms with Gasteiger partial charge in [-0.3, -0.25) is 4.79 Å². The molecule has 2 N–H and O–H groups in total. The van der Waals surface area contributed by atoms with Crippen LogP contribution in [0.5, 0.6) is 5.75 Å². The Bertz CT molecular complexity index is 488. The molecular formula is C16H23NO3S. The molecule has 0 amide bonds. The maximum absolute atomic E-state index is 11.5. The number of hydrogen-bond donors (Lipinski definition) is 1. The van der Waals surface area contributed by atoms with Crippen LogP contribution in [0.4, 0.5) is 0 Å². The Balaban J connectivity index is 1.95. The fraction of sp³-hybridized carbons (Fsp3) is 0.562. The predicted octanol–water partition coefficient (Wildman–Crippen LogP) is 2.77. The molecule has 2 rings (SSSR count). The number of carbonyl (C=O) groups is 1. The van der Waals surface area contributed by atoms with Crippen molar-refractivity contribution in [2.45, 2.75) is 24.5 Å². The Kier molecular flexibility index (Phi) is 5.53. The van der Waals surface area contributed by atoms with Gasteiger partial charge in [0.2, 0.25) is 0 Å². The third-order valence-electron chi connectivity index (χ3n) is 3.97. The zero-order valence-corrected chi connectivity index (χ0v) is 13.4. The van der Waals surface area contributed by atoms with Gasteiger partial charge in [0.1, 0.15) is 5.75 Å². The van der Waals surface area contributed by atoms with Gasteiger partial charge in [-0.25, -0.2) is 0 Å². The molecule has 1 fully saturated rings. The van der Waals surface area contributed by atoms with E-state index in [0.29, 0.717) is 13.0 Å². The summed E-state index contributed by atoms with van der Waals surface area (Å²) in [5, 5.41) is 0.232. The van der Waals surface area contributed by atoms with E-state index in [4.69, 9.17) is 15.2 Å². The topological polar surface area (TPSA) is 61.5 Å². The van der Waals surface area contributed by atoms with E-state index in [1.165, 1.54) is 12.7 Å². The fourth-order valence-electron chi connectivity index (χ4n) is 2.35. The Morgan fingerprint density at radius 2 is 2.19 bits per heavy atom. The molecule has 0 saturated heterocycles. The lowest BCUT2D eigenvalue weighted by atomic mass is 10.1. The van der Waals surface area contributed by atoms with E-state index in [-0.39, 0.29) is 16.6 Å². The zero-order valence-electron chi connectivity index (χ0n) is 12.6. The Labute approximate surface area is 130 Å². The molecule has 4 nitrogen and oxygen atoms in total. The second-order valence-electron chi connectivity index (χ2n) is 5.56. The number of thioether (sulfide) groups is 1. The van der Waals surface area contributed by atoms with Crippen molar-refractivity contribution in [3.63, 3.8) is 0 Å². The summed E-state index contributed by atoms with van der Waals surface area (Å²) in [4.78, 5) is 11.5. The number of ether oxygens (including phenoxy) is 2. The van der Waals surface area contributed by atoms with Crippen LogP contribution >= 0.6 is 11.8 Å². The molecule has 1 unspecified atom stereocenters. The van der Waals surface area contributed by atoms with Crippen LogP contribution in [0.1, 0.15) is 30.1 Å². The van der Waals surface area contributed by atoms with Crippen LogP contribution in [0.2, 0.25) is 0 Å². The van der Waals surface area contributed by atoms with Crippen LogP contribution < -0.4 is 10.5 Å². The van der Waals surface area contributed by atoms with Crippen LogP contribution in [-0.2, 0) is 9.53 Å². The van der Waals surface area contributed by atoms with Gasteiger partial charge in [-0.2, -0.15) is 11.8 Å². The van der Waals surface area contributed by atoms with Crippen molar-refractivity contribution in [2.75, 3.05) is 26.5 Å². The second-order valence-corrected chi connectivity index (χ2v) is 6.76. The first kappa shape index (κ1) is 16.2. The summed E-state index contributed by atoms with van der Waals surface area (Å²) in [6.07, 6.45) is 2.72. The SMILES string of the molecule is COC(=O)CC1(CSC(CN)c2cccc(OC)c2)CC1. The lowest BCUT2D eigenvalue weighted by Gasteiger charge is -2.19. The highest BCUT2D eigenvalue weighted by Crippen LogP contribution is 2.52. The van der Waals surface area contributed by atoms with Crippen LogP contribution in [0.15, 0.2) is 24.3 Å². The van der Waals surface area contributed by atoms with Gasteiger partial charge in [0.25, 0.3) is 0 Å². The highest BCUT2D eigenvalue weighted by molar-refractivity contribution is 7.99. The summed E-state index contributed by atoms with van der Waals surface area (Å²) >= 11 is 1.83. The molecule has 1 aliphatic carbocycles. The van der Waals surface area contributed by atoms with Crippen molar-refractivity contribution in [3.05, 3.63) is 29.8 Å². The number of esters is 1. The van der Waals surface area contributed by atoms with Gasteiger partial charge in [-0.1, -0.05) is 12.1 Å². The minimum atomic E-state index is -0.112. The molecule has 0 bridgehead atoms. The molecule has 5 heteroatoms. The number of benzene rings is 1. The first-order valence-electron chi connectivity index (χ1n) is 7.15. The molecule has 0 spiro atoms. The summed E-state index contributed by atoms with van der Waals surface area (Å²) in [6.45, 7) is 0.576. The van der Waals surface area contributed by atoms with E-state index >= 15 is 0 Å². The summed E-state index contributed by atoms with van der Waals surface area (Å²) in [5.74, 6) is 1.68. The quantitative estimate of drug-likeness (QED) is 0.748. The van der Waals surface area contributed by atoms with Crippen molar-refractivity contribution >= 4 is 17.7 Å². The molecule has 1 aliphatic rings. The van der Waals surface area contributed by atoms with Gasteiger partial charge in [0, 0.05) is 17.5 Å². The number of nitrogens with two attached hydrogens (primary N) is 1. The molecule has 0 radical (unpaired) electrons. The van der Waals surface area contributed by atoms with Crippen LogP contribution in [-0.4, -0.2) is 32.5 Å². The number of carbonyl (C=O) groups excluding carboxylic acids is 1. The molecular weight excluding hydrogens is 286 g/mol. The van der Waals surface area contributed by atoms with E-state index in [1.54, 1.807) is 7.11 Å². The monoisotopic (exact) mass is 309 g/mol. The van der Waals surface area contributed by atoms with Crippen molar-refractivity contribution in [2.24, 2.45) is 11.1 Å². The van der Waals surface area contributed by atoms with E-state index in [1.807, 2.05) is 30.0 Å². The molecule has 0 aromatic heterocycles. The lowest BCUT2D eigenvalue weighted by Crippen LogP contribution is -2.16. The molecule has 1 atom stereocenters. The molecule has 1 aromatic rings. The highest BCUT2D eigenvalue weighted by atomic mass is 32.2. The maximum atomic E-state index is 11.5. The first-order valence-corrected chi connectivity index (χ1v) is 8.20. The summed E-state index contributed by atoms with van der Waals surface area (Å²) in [6, 6.07) is 8.03. The summed E-state index contributed by atoms with van der Waals surface area (Å²) in [5.41, 5.74) is 7.23. The normalized spacial score (nSPS) is 17.1. The zero-order chi connectivity index (χ0) is 15.3. The Hall–Kier alpha value is -1.20. The lowest BCUT2D eigenvalue weighted by molar-refractivity contribution is -0.141. The Morgan fingerprint density at radius 3 is 2.76 bits per heavy atom. The third kappa shape index (κ3) is 4.38. The molecule has 116 valence electrons. The van der Waals surface area contributed by atoms with Gasteiger partial charge >= 0.3 is 5.97 Å². The van der Waals surface area contributed by atoms with Crippen molar-refractivity contribution in [1.29, 1.82) is 0 Å². The van der Waals surface area contributed by atoms with Gasteiger partial charge in [0.15, 0.2) is 0 Å². The average molecular weight is 309 g/mol. The molecule has 1 aromatic carbocycles. The molecule has 1 saturated carbocycles. The first-order chi connectivity index (χ1) is 10.1. The van der Waals surface area contributed by atoms with Crippen molar-refractivity contribution in [1.82, 2.24) is 0 Å². The van der Waals surface area contributed by atoms with Crippen LogP contribution in [0, 0.1) is 5.41 Å². The van der Waals surface area contributed by atoms with Gasteiger partial charge < -0.3 is 15.2 Å². The third-order valence-corrected chi connectivity index (χ3v) is 5.62. The minimum Gasteiger partial charge on any atom is -0.497 e. The standard InChI is InChI=1S/C16H23NO3S/c1-19-13-5-3-4-12(8-13)14(10-17)21-11-16(6-7-16)9-15(18)20-2/h3-5,8,14H,6-7,9-11,17H2,1-2H3. The smallest absolute Gasteiger partial charge is 0.306 e. The molecule has 0 heterocycles. The Morgan fingerprint density at radius 1 is 1.43 bits per heavy atom. The van der Waals surface area contributed by atoms with Crippen LogP contribution in [0.25, 0.3) is 0 Å². The number of hydrogen-bond acceptors (Lipinski definition) is 5.